The number of pyridine rings is 1. The SMILES string of the molecule is FC(F)(F)Oc1cc(I)c(CCl)c(C(F)(F)F)n1. The molecule has 0 fully saturated rings. The van der Waals surface area contributed by atoms with E-state index in [4.69, 9.17) is 11.6 Å². The molecular formula is C8H3ClF6INO. The van der Waals surface area contributed by atoms with Gasteiger partial charge in [-0.15, -0.1) is 24.8 Å². The van der Waals surface area contributed by atoms with Gasteiger partial charge in [0.2, 0.25) is 5.88 Å². The second kappa shape index (κ2) is 5.27. The number of hydrogen-bond acceptors (Lipinski definition) is 2. The summed E-state index contributed by atoms with van der Waals surface area (Å²) >= 11 is 6.75. The fourth-order valence-corrected chi connectivity index (χ4v) is 2.26. The Morgan fingerprint density at radius 2 is 1.78 bits per heavy atom. The van der Waals surface area contributed by atoms with Crippen molar-refractivity contribution in [2.45, 2.75) is 18.4 Å². The first-order valence-electron chi connectivity index (χ1n) is 4.13. The lowest BCUT2D eigenvalue weighted by Crippen LogP contribution is -2.20. The van der Waals surface area contributed by atoms with Crippen LogP contribution in [0.4, 0.5) is 26.3 Å². The molecule has 0 aliphatic rings. The first kappa shape index (κ1) is 15.6. The molecule has 0 aliphatic carbocycles. The van der Waals surface area contributed by atoms with Gasteiger partial charge < -0.3 is 4.74 Å². The van der Waals surface area contributed by atoms with Crippen molar-refractivity contribution in [3.63, 3.8) is 0 Å². The third-order valence-corrected chi connectivity index (χ3v) is 2.90. The van der Waals surface area contributed by atoms with Gasteiger partial charge in [-0.2, -0.15) is 13.2 Å². The molecule has 0 atom stereocenters. The Balaban J connectivity index is 3.31. The van der Waals surface area contributed by atoms with E-state index >= 15 is 0 Å². The van der Waals surface area contributed by atoms with Crippen LogP contribution in [0.15, 0.2) is 6.07 Å². The summed E-state index contributed by atoms with van der Waals surface area (Å²) in [6, 6.07) is 0.737. The van der Waals surface area contributed by atoms with E-state index in [9.17, 15) is 26.3 Å². The molecule has 0 aliphatic heterocycles. The van der Waals surface area contributed by atoms with Gasteiger partial charge in [-0.3, -0.25) is 0 Å². The van der Waals surface area contributed by atoms with Crippen molar-refractivity contribution >= 4 is 34.2 Å². The zero-order valence-corrected chi connectivity index (χ0v) is 11.1. The summed E-state index contributed by atoms with van der Waals surface area (Å²) in [5.41, 5.74) is -1.87. The van der Waals surface area contributed by atoms with Gasteiger partial charge in [-0.1, -0.05) is 0 Å². The van der Waals surface area contributed by atoms with Gasteiger partial charge in [0.25, 0.3) is 0 Å². The van der Waals surface area contributed by atoms with E-state index in [1.54, 1.807) is 0 Å². The number of hydrogen-bond donors (Lipinski definition) is 0. The van der Waals surface area contributed by atoms with Crippen molar-refractivity contribution in [2.75, 3.05) is 0 Å². The van der Waals surface area contributed by atoms with Crippen LogP contribution in [0.1, 0.15) is 11.3 Å². The molecule has 0 unspecified atom stereocenters. The Kier molecular flexibility index (Phi) is 4.57. The summed E-state index contributed by atoms with van der Waals surface area (Å²) in [6.45, 7) is 0. The zero-order chi connectivity index (χ0) is 14.1. The lowest BCUT2D eigenvalue weighted by atomic mass is 10.2. The van der Waals surface area contributed by atoms with Gasteiger partial charge in [-0.25, -0.2) is 4.98 Å². The van der Waals surface area contributed by atoms with Crippen LogP contribution in [0.25, 0.3) is 0 Å². The molecule has 1 heterocycles. The first-order valence-corrected chi connectivity index (χ1v) is 5.74. The van der Waals surface area contributed by atoms with Gasteiger partial charge in [-0.05, 0) is 22.6 Å². The Labute approximate surface area is 115 Å². The van der Waals surface area contributed by atoms with Gasteiger partial charge in [0.1, 0.15) is 0 Å². The normalized spacial score (nSPS) is 12.7. The van der Waals surface area contributed by atoms with Crippen LogP contribution in [0.3, 0.4) is 0 Å². The minimum Gasteiger partial charge on any atom is -0.388 e. The molecule has 0 radical (unpaired) electrons. The maximum Gasteiger partial charge on any atom is 0.574 e. The Hall–Kier alpha value is -0.450. The van der Waals surface area contributed by atoms with E-state index in [0.717, 1.165) is 6.07 Å². The predicted molar refractivity (Wildman–Crippen MR) is 58.2 cm³/mol. The zero-order valence-electron chi connectivity index (χ0n) is 8.16. The molecule has 0 saturated heterocycles. The summed E-state index contributed by atoms with van der Waals surface area (Å²) in [7, 11) is 0. The van der Waals surface area contributed by atoms with Gasteiger partial charge in [0.05, 0.1) is 5.88 Å². The topological polar surface area (TPSA) is 22.1 Å². The van der Waals surface area contributed by atoms with E-state index in [-0.39, 0.29) is 9.13 Å². The third kappa shape index (κ3) is 4.04. The molecule has 102 valence electrons. The second-order valence-corrected chi connectivity index (χ2v) is 4.38. The standard InChI is InChI=1S/C8H3ClF6INO/c9-2-3-4(16)1-5(18-8(13,14)15)17-6(3)7(10,11)12/h1H,2H2. The largest absolute Gasteiger partial charge is 0.574 e. The van der Waals surface area contributed by atoms with Crippen molar-refractivity contribution in [1.29, 1.82) is 0 Å². The van der Waals surface area contributed by atoms with E-state index < -0.39 is 30.0 Å². The number of aromatic nitrogens is 1. The van der Waals surface area contributed by atoms with Crippen molar-refractivity contribution in [3.8, 4) is 5.88 Å². The highest BCUT2D eigenvalue weighted by atomic mass is 127. The fraction of sp³-hybridized carbons (Fsp3) is 0.375. The van der Waals surface area contributed by atoms with Crippen LogP contribution >= 0.6 is 34.2 Å². The molecule has 0 spiro atoms. The fourth-order valence-electron chi connectivity index (χ4n) is 1.05. The number of nitrogens with zero attached hydrogens (tertiary/aromatic N) is 1. The minimum absolute atomic E-state index is 0.107. The number of rotatable bonds is 2. The average Bonchev–Trinajstić information content (AvgIpc) is 2.12. The van der Waals surface area contributed by atoms with Crippen molar-refractivity contribution in [1.82, 2.24) is 4.98 Å². The molecule has 2 nitrogen and oxygen atoms in total. The summed E-state index contributed by atoms with van der Waals surface area (Å²) in [5, 5.41) is 0. The van der Waals surface area contributed by atoms with E-state index in [2.05, 4.69) is 9.72 Å². The number of halogens is 8. The van der Waals surface area contributed by atoms with E-state index in [1.807, 2.05) is 0 Å². The smallest absolute Gasteiger partial charge is 0.388 e. The monoisotopic (exact) mass is 405 g/mol. The van der Waals surface area contributed by atoms with Crippen molar-refractivity contribution in [3.05, 3.63) is 20.9 Å². The summed E-state index contributed by atoms with van der Waals surface area (Å²) in [4.78, 5) is 2.80. The van der Waals surface area contributed by atoms with Crippen LogP contribution in [-0.4, -0.2) is 11.3 Å². The molecule has 0 saturated carbocycles. The molecule has 0 N–H and O–H groups in total. The lowest BCUT2D eigenvalue weighted by Gasteiger charge is -2.15. The van der Waals surface area contributed by atoms with Crippen LogP contribution < -0.4 is 4.74 Å². The lowest BCUT2D eigenvalue weighted by molar-refractivity contribution is -0.276. The molecule has 18 heavy (non-hydrogen) atoms. The average molecular weight is 405 g/mol. The molecule has 0 aromatic carbocycles. The van der Waals surface area contributed by atoms with Crippen molar-refractivity contribution < 1.29 is 31.1 Å². The van der Waals surface area contributed by atoms with Crippen LogP contribution in [0.2, 0.25) is 0 Å². The maximum atomic E-state index is 12.6. The molecule has 1 aromatic heterocycles. The molecular weight excluding hydrogens is 402 g/mol. The quantitative estimate of drug-likeness (QED) is 0.415. The molecule has 0 bridgehead atoms. The van der Waals surface area contributed by atoms with Gasteiger partial charge >= 0.3 is 12.5 Å². The van der Waals surface area contributed by atoms with E-state index in [0.29, 0.717) is 0 Å². The molecule has 1 rings (SSSR count). The van der Waals surface area contributed by atoms with Crippen molar-refractivity contribution in [2.24, 2.45) is 0 Å². The summed E-state index contributed by atoms with van der Waals surface area (Å²) in [6.07, 6.45) is -10.0. The maximum absolute atomic E-state index is 12.6. The van der Waals surface area contributed by atoms with Crippen LogP contribution in [0.5, 0.6) is 5.88 Å². The highest BCUT2D eigenvalue weighted by Gasteiger charge is 2.38. The second-order valence-electron chi connectivity index (χ2n) is 2.95. The van der Waals surface area contributed by atoms with E-state index in [1.165, 1.54) is 22.6 Å². The molecule has 1 aromatic rings. The Morgan fingerprint density at radius 3 is 2.17 bits per heavy atom. The number of ether oxygens (including phenoxy) is 1. The van der Waals surface area contributed by atoms with Gasteiger partial charge in [0, 0.05) is 15.2 Å². The van der Waals surface area contributed by atoms with Gasteiger partial charge in [0.15, 0.2) is 5.69 Å². The molecule has 10 heteroatoms. The summed E-state index contributed by atoms with van der Waals surface area (Å²) < 4.78 is 76.7. The minimum atomic E-state index is -5.11. The Bertz CT molecular complexity index is 446. The van der Waals surface area contributed by atoms with Crippen LogP contribution in [0, 0.1) is 3.57 Å². The highest BCUT2D eigenvalue weighted by Crippen LogP contribution is 2.36. The molecule has 0 amide bonds. The Morgan fingerprint density at radius 1 is 1.22 bits per heavy atom. The van der Waals surface area contributed by atoms with Crippen LogP contribution in [-0.2, 0) is 12.1 Å². The predicted octanol–water partition coefficient (Wildman–Crippen LogP) is 4.34. The first-order chi connectivity index (χ1) is 8.04. The highest BCUT2D eigenvalue weighted by molar-refractivity contribution is 14.1. The summed E-state index contributed by atoms with van der Waals surface area (Å²) in [5.74, 6) is -1.69. The third-order valence-electron chi connectivity index (χ3n) is 1.67. The number of alkyl halides is 7.